The van der Waals surface area contributed by atoms with Crippen LogP contribution in [0.3, 0.4) is 0 Å². The average molecular weight is 260 g/mol. The van der Waals surface area contributed by atoms with E-state index in [1.165, 1.54) is 11.7 Å². The van der Waals surface area contributed by atoms with Crippen molar-refractivity contribution in [2.24, 2.45) is 12.8 Å². The lowest BCUT2D eigenvalue weighted by molar-refractivity contribution is -0.136. The van der Waals surface area contributed by atoms with Crippen LogP contribution in [0.4, 0.5) is 0 Å². The third-order valence-electron chi connectivity index (χ3n) is 1.90. The van der Waals surface area contributed by atoms with Gasteiger partial charge in [0.05, 0.1) is 0 Å². The molecule has 1 aromatic heterocycles. The monoisotopic (exact) mass is 260 g/mol. The molecule has 94 valence electrons. The van der Waals surface area contributed by atoms with Crippen molar-refractivity contribution in [2.75, 3.05) is 6.54 Å². The number of rotatable bonds is 5. The fourth-order valence-corrected chi connectivity index (χ4v) is 2.03. The van der Waals surface area contributed by atoms with E-state index in [2.05, 4.69) is 10.1 Å². The van der Waals surface area contributed by atoms with Gasteiger partial charge in [-0.1, -0.05) is 11.8 Å². The lowest BCUT2D eigenvalue weighted by atomic mass is 10.3. The van der Waals surface area contributed by atoms with Crippen LogP contribution in [0, 0.1) is 0 Å². The summed E-state index contributed by atoms with van der Waals surface area (Å²) in [6.07, 6.45) is 0.245. The van der Waals surface area contributed by atoms with Crippen LogP contribution in [0.1, 0.15) is 6.42 Å². The normalized spacial score (nSPS) is 12.4. The molecule has 0 aromatic carbocycles. The molecule has 0 spiro atoms. The van der Waals surface area contributed by atoms with Crippen LogP contribution in [0.2, 0.25) is 0 Å². The smallest absolute Gasteiger partial charge is 0.339 e. The van der Waals surface area contributed by atoms with Crippen molar-refractivity contribution in [2.45, 2.75) is 16.8 Å². The Kier molecular flexibility index (Phi) is 4.46. The average Bonchev–Trinajstić information content (AvgIpc) is 2.24. The predicted octanol–water partition coefficient (Wildman–Crippen LogP) is -1.64. The number of aromatic nitrogens is 3. The summed E-state index contributed by atoms with van der Waals surface area (Å²) in [5, 5.41) is 10.5. The van der Waals surface area contributed by atoms with Gasteiger partial charge in [0.25, 0.3) is 0 Å². The van der Waals surface area contributed by atoms with E-state index in [-0.39, 0.29) is 18.1 Å². The van der Waals surface area contributed by atoms with E-state index >= 15 is 0 Å². The van der Waals surface area contributed by atoms with Crippen molar-refractivity contribution in [3.63, 3.8) is 0 Å². The molecule has 1 atom stereocenters. The summed E-state index contributed by atoms with van der Waals surface area (Å²) in [4.78, 5) is 36.4. The molecule has 4 N–H and O–H groups in total. The quantitative estimate of drug-likeness (QED) is 0.427. The molecule has 0 saturated heterocycles. The number of aliphatic carboxylic acids is 1. The zero-order chi connectivity index (χ0) is 13.0. The number of aromatic amines is 1. The second kappa shape index (κ2) is 5.64. The number of aryl methyl sites for hydroxylation is 1. The number of nitrogens with zero attached hydrogens (tertiary/aromatic N) is 2. The molecule has 0 saturated carbocycles. The SMILES string of the molecule is Cn1[nH]c(=O)c(=O)nc1SC(CCN)C(=O)O. The number of nitrogens with two attached hydrogens (primary N) is 1. The van der Waals surface area contributed by atoms with Gasteiger partial charge in [-0.3, -0.25) is 24.2 Å². The maximum Gasteiger partial charge on any atom is 0.339 e. The van der Waals surface area contributed by atoms with Crippen molar-refractivity contribution in [1.82, 2.24) is 14.8 Å². The first-order chi connectivity index (χ1) is 7.95. The molecular weight excluding hydrogens is 248 g/mol. The van der Waals surface area contributed by atoms with Gasteiger partial charge in [-0.15, -0.1) is 0 Å². The Balaban J connectivity index is 3.01. The van der Waals surface area contributed by atoms with Gasteiger partial charge < -0.3 is 10.8 Å². The molecule has 1 heterocycles. The molecule has 0 radical (unpaired) electrons. The topological polar surface area (TPSA) is 131 Å². The van der Waals surface area contributed by atoms with Crippen LogP contribution in [0.25, 0.3) is 0 Å². The molecule has 0 aliphatic rings. The highest BCUT2D eigenvalue weighted by Crippen LogP contribution is 2.21. The van der Waals surface area contributed by atoms with Gasteiger partial charge in [-0.05, 0) is 13.0 Å². The maximum absolute atomic E-state index is 11.0. The van der Waals surface area contributed by atoms with Gasteiger partial charge in [-0.2, -0.15) is 4.98 Å². The van der Waals surface area contributed by atoms with Crippen LogP contribution in [0.5, 0.6) is 0 Å². The Morgan fingerprint density at radius 2 is 2.29 bits per heavy atom. The number of nitrogens with one attached hydrogen (secondary N) is 1. The number of thioether (sulfide) groups is 1. The Hall–Kier alpha value is -1.61. The van der Waals surface area contributed by atoms with Gasteiger partial charge >= 0.3 is 17.1 Å². The van der Waals surface area contributed by atoms with Crippen molar-refractivity contribution in [1.29, 1.82) is 0 Å². The van der Waals surface area contributed by atoms with Gasteiger partial charge in [0.15, 0.2) is 5.16 Å². The molecule has 17 heavy (non-hydrogen) atoms. The van der Waals surface area contributed by atoms with Crippen LogP contribution >= 0.6 is 11.8 Å². The third kappa shape index (κ3) is 3.43. The number of hydrogen-bond acceptors (Lipinski definition) is 6. The molecule has 9 heteroatoms. The number of H-pyrrole nitrogens is 1. The maximum atomic E-state index is 11.0. The first-order valence-corrected chi connectivity index (χ1v) is 5.60. The summed E-state index contributed by atoms with van der Waals surface area (Å²) >= 11 is 0.873. The second-order valence-electron chi connectivity index (χ2n) is 3.22. The predicted molar refractivity (Wildman–Crippen MR) is 61.1 cm³/mol. The summed E-state index contributed by atoms with van der Waals surface area (Å²) in [5.74, 6) is -1.04. The summed E-state index contributed by atoms with van der Waals surface area (Å²) in [5.41, 5.74) is 3.50. The lowest BCUT2D eigenvalue weighted by Crippen LogP contribution is -2.34. The van der Waals surface area contributed by atoms with Crippen LogP contribution in [-0.4, -0.2) is 37.6 Å². The zero-order valence-corrected chi connectivity index (χ0v) is 9.86. The Morgan fingerprint density at radius 3 is 2.82 bits per heavy atom. The lowest BCUT2D eigenvalue weighted by Gasteiger charge is -2.11. The van der Waals surface area contributed by atoms with Crippen molar-refractivity contribution < 1.29 is 9.90 Å². The van der Waals surface area contributed by atoms with Crippen LogP contribution in [-0.2, 0) is 11.8 Å². The Morgan fingerprint density at radius 1 is 1.65 bits per heavy atom. The third-order valence-corrected chi connectivity index (χ3v) is 3.20. The molecule has 8 nitrogen and oxygen atoms in total. The van der Waals surface area contributed by atoms with Gasteiger partial charge in [0.1, 0.15) is 5.25 Å². The summed E-state index contributed by atoms with van der Waals surface area (Å²) in [6, 6.07) is 0. The minimum atomic E-state index is -1.04. The van der Waals surface area contributed by atoms with Gasteiger partial charge in [-0.25, -0.2) is 0 Å². The fourth-order valence-electron chi connectivity index (χ4n) is 1.08. The molecule has 0 aliphatic carbocycles. The van der Waals surface area contributed by atoms with Crippen LogP contribution in [0.15, 0.2) is 14.7 Å². The highest BCUT2D eigenvalue weighted by molar-refractivity contribution is 8.00. The first-order valence-electron chi connectivity index (χ1n) is 4.72. The summed E-state index contributed by atoms with van der Waals surface area (Å²) in [6.45, 7) is 0.210. The zero-order valence-electron chi connectivity index (χ0n) is 9.04. The number of carbonyl (C=O) groups is 1. The molecule has 0 aliphatic heterocycles. The van der Waals surface area contributed by atoms with E-state index < -0.39 is 22.3 Å². The van der Waals surface area contributed by atoms with E-state index in [0.29, 0.717) is 0 Å². The van der Waals surface area contributed by atoms with Gasteiger partial charge in [0, 0.05) is 7.05 Å². The molecule has 1 rings (SSSR count). The Labute approximate surface area is 99.8 Å². The highest BCUT2D eigenvalue weighted by Gasteiger charge is 2.20. The molecular formula is C8H12N4O4S. The molecule has 1 aromatic rings. The molecule has 1 unspecified atom stereocenters. The minimum absolute atomic E-state index is 0.135. The van der Waals surface area contributed by atoms with E-state index in [0.717, 1.165) is 11.8 Å². The Bertz CT molecular complexity index is 523. The molecule has 0 fully saturated rings. The van der Waals surface area contributed by atoms with E-state index in [9.17, 15) is 14.4 Å². The largest absolute Gasteiger partial charge is 0.480 e. The second-order valence-corrected chi connectivity index (χ2v) is 4.39. The van der Waals surface area contributed by atoms with Crippen molar-refractivity contribution in [3.05, 3.63) is 20.7 Å². The van der Waals surface area contributed by atoms with E-state index in [4.69, 9.17) is 10.8 Å². The van der Waals surface area contributed by atoms with E-state index in [1.807, 2.05) is 0 Å². The van der Waals surface area contributed by atoms with Crippen molar-refractivity contribution >= 4 is 17.7 Å². The summed E-state index contributed by atoms with van der Waals surface area (Å²) in [7, 11) is 1.47. The first kappa shape index (κ1) is 13.5. The number of carboxylic acid groups (broad SMARTS) is 1. The van der Waals surface area contributed by atoms with Crippen molar-refractivity contribution in [3.8, 4) is 0 Å². The highest BCUT2D eigenvalue weighted by atomic mass is 32.2. The fraction of sp³-hybridized carbons (Fsp3) is 0.500. The molecule has 0 amide bonds. The number of hydrogen-bond donors (Lipinski definition) is 3. The minimum Gasteiger partial charge on any atom is -0.480 e. The van der Waals surface area contributed by atoms with Gasteiger partial charge in [0.2, 0.25) is 0 Å². The summed E-state index contributed by atoms with van der Waals surface area (Å²) < 4.78 is 1.21. The standard InChI is InChI=1S/C8H12N4O4S/c1-12-8(10-5(13)6(14)11-12)17-4(2-3-9)7(15)16/h4H,2-3,9H2,1H3,(H,11,14)(H,15,16). The number of carboxylic acids is 1. The van der Waals surface area contributed by atoms with E-state index in [1.54, 1.807) is 0 Å². The van der Waals surface area contributed by atoms with Crippen LogP contribution < -0.4 is 16.9 Å². The molecule has 0 bridgehead atoms.